The molecule has 1 aromatic carbocycles. The highest BCUT2D eigenvalue weighted by atomic mass is 79.9. The molecule has 0 bridgehead atoms. The van der Waals surface area contributed by atoms with Gasteiger partial charge in [-0.05, 0) is 36.8 Å². The van der Waals surface area contributed by atoms with Crippen molar-refractivity contribution < 1.29 is 0 Å². The molecule has 96 valence electrons. The Morgan fingerprint density at radius 2 is 1.88 bits per heavy atom. The maximum absolute atomic E-state index is 3.67. The van der Waals surface area contributed by atoms with Crippen LogP contribution >= 0.6 is 15.9 Å². The van der Waals surface area contributed by atoms with E-state index in [-0.39, 0.29) is 0 Å². The van der Waals surface area contributed by atoms with Crippen LogP contribution < -0.4 is 5.32 Å². The minimum Gasteiger partial charge on any atom is -0.313 e. The molecular weight excluding hydrogens is 276 g/mol. The number of halogens is 1. The number of hydrogen-bond acceptors (Lipinski definition) is 2. The van der Waals surface area contributed by atoms with Gasteiger partial charge < -0.3 is 5.32 Å². The van der Waals surface area contributed by atoms with Crippen molar-refractivity contribution in [2.24, 2.45) is 0 Å². The summed E-state index contributed by atoms with van der Waals surface area (Å²) in [5, 5.41) is 3.34. The quantitative estimate of drug-likeness (QED) is 0.830. The first kappa shape index (κ1) is 14.7. The summed E-state index contributed by atoms with van der Waals surface area (Å²) in [5.41, 5.74) is 2.70. The molecular formula is C14H23BrN2. The minimum absolute atomic E-state index is 0.945. The average molecular weight is 299 g/mol. The minimum atomic E-state index is 0.945. The predicted octanol–water partition coefficient (Wildman–Crippen LogP) is 3.40. The molecule has 1 rings (SSSR count). The van der Waals surface area contributed by atoms with Crippen molar-refractivity contribution in [2.75, 3.05) is 19.6 Å². The largest absolute Gasteiger partial charge is 0.313 e. The third-order valence-electron chi connectivity index (χ3n) is 2.98. The molecule has 0 unspecified atom stereocenters. The van der Waals surface area contributed by atoms with E-state index in [0.29, 0.717) is 0 Å². The topological polar surface area (TPSA) is 15.3 Å². The summed E-state index contributed by atoms with van der Waals surface area (Å²) in [7, 11) is 0. The van der Waals surface area contributed by atoms with E-state index in [2.05, 4.69) is 65.1 Å². The Balaban J connectivity index is 2.68. The van der Waals surface area contributed by atoms with E-state index < -0.39 is 0 Å². The third-order valence-corrected chi connectivity index (χ3v) is 3.72. The van der Waals surface area contributed by atoms with Gasteiger partial charge in [-0.15, -0.1) is 0 Å². The lowest BCUT2D eigenvalue weighted by molar-refractivity contribution is 0.295. The van der Waals surface area contributed by atoms with Crippen LogP contribution in [0, 0.1) is 0 Å². The lowest BCUT2D eigenvalue weighted by Gasteiger charge is -2.19. The fourth-order valence-corrected chi connectivity index (χ4v) is 2.34. The zero-order valence-electron chi connectivity index (χ0n) is 11.1. The van der Waals surface area contributed by atoms with Crippen LogP contribution in [0.1, 0.15) is 31.9 Å². The van der Waals surface area contributed by atoms with Crippen LogP contribution in [0.4, 0.5) is 0 Å². The van der Waals surface area contributed by atoms with Crippen LogP contribution in [0.5, 0.6) is 0 Å². The van der Waals surface area contributed by atoms with E-state index in [4.69, 9.17) is 0 Å². The molecule has 0 amide bonds. The fraction of sp³-hybridized carbons (Fsp3) is 0.571. The summed E-state index contributed by atoms with van der Waals surface area (Å²) in [6, 6.07) is 6.67. The molecule has 1 N–H and O–H groups in total. The van der Waals surface area contributed by atoms with Crippen molar-refractivity contribution in [2.45, 2.75) is 33.9 Å². The third kappa shape index (κ3) is 4.78. The van der Waals surface area contributed by atoms with E-state index in [9.17, 15) is 0 Å². The molecule has 0 spiro atoms. The lowest BCUT2D eigenvalue weighted by atomic mass is 10.1. The maximum Gasteiger partial charge on any atom is 0.0244 e. The van der Waals surface area contributed by atoms with Gasteiger partial charge in [-0.25, -0.2) is 0 Å². The second kappa shape index (κ2) is 7.85. The molecule has 0 saturated carbocycles. The van der Waals surface area contributed by atoms with Crippen LogP contribution in [0.2, 0.25) is 0 Å². The SMILES string of the molecule is CCNCc1ccc(CN(CC)CC)c(Br)c1. The average Bonchev–Trinajstić information content (AvgIpc) is 2.35. The van der Waals surface area contributed by atoms with Crippen LogP contribution in [0.25, 0.3) is 0 Å². The molecule has 0 aromatic heterocycles. The molecule has 0 atom stereocenters. The van der Waals surface area contributed by atoms with Gasteiger partial charge in [0, 0.05) is 17.6 Å². The van der Waals surface area contributed by atoms with Gasteiger partial charge in [-0.3, -0.25) is 4.90 Å². The number of nitrogens with one attached hydrogen (secondary N) is 1. The van der Waals surface area contributed by atoms with Crippen molar-refractivity contribution in [3.63, 3.8) is 0 Å². The molecule has 2 nitrogen and oxygen atoms in total. The van der Waals surface area contributed by atoms with Crippen LogP contribution in [-0.4, -0.2) is 24.5 Å². The Labute approximate surface area is 114 Å². The van der Waals surface area contributed by atoms with E-state index in [1.165, 1.54) is 15.6 Å². The summed E-state index contributed by atoms with van der Waals surface area (Å²) >= 11 is 3.67. The van der Waals surface area contributed by atoms with Gasteiger partial charge in [0.1, 0.15) is 0 Å². The highest BCUT2D eigenvalue weighted by Crippen LogP contribution is 2.20. The summed E-state index contributed by atoms with van der Waals surface area (Å²) in [6.07, 6.45) is 0. The van der Waals surface area contributed by atoms with E-state index in [0.717, 1.165) is 32.7 Å². The molecule has 17 heavy (non-hydrogen) atoms. The van der Waals surface area contributed by atoms with Gasteiger partial charge in [0.2, 0.25) is 0 Å². The van der Waals surface area contributed by atoms with Crippen molar-refractivity contribution in [1.29, 1.82) is 0 Å². The standard InChI is InChI=1S/C14H23BrN2/c1-4-16-10-12-7-8-13(14(15)9-12)11-17(5-2)6-3/h7-9,16H,4-6,10-11H2,1-3H3. The summed E-state index contributed by atoms with van der Waals surface area (Å²) in [6.45, 7) is 11.7. The second-order valence-corrected chi connectivity index (χ2v) is 5.02. The summed E-state index contributed by atoms with van der Waals surface area (Å²) in [5.74, 6) is 0. The van der Waals surface area contributed by atoms with Crippen molar-refractivity contribution in [3.8, 4) is 0 Å². The molecule has 0 heterocycles. The predicted molar refractivity (Wildman–Crippen MR) is 78.1 cm³/mol. The van der Waals surface area contributed by atoms with E-state index in [1.807, 2.05) is 0 Å². The Hall–Kier alpha value is -0.380. The van der Waals surface area contributed by atoms with E-state index in [1.54, 1.807) is 0 Å². The first-order valence-corrected chi connectivity index (χ1v) is 7.20. The molecule has 3 heteroatoms. The zero-order chi connectivity index (χ0) is 12.7. The van der Waals surface area contributed by atoms with Gasteiger partial charge in [0.15, 0.2) is 0 Å². The summed E-state index contributed by atoms with van der Waals surface area (Å²) in [4.78, 5) is 2.42. The van der Waals surface area contributed by atoms with Crippen LogP contribution in [0.15, 0.2) is 22.7 Å². The van der Waals surface area contributed by atoms with Gasteiger partial charge in [0.05, 0.1) is 0 Å². The Kier molecular flexibility index (Phi) is 6.78. The summed E-state index contributed by atoms with van der Waals surface area (Å²) < 4.78 is 1.22. The number of hydrogen-bond donors (Lipinski definition) is 1. The molecule has 0 aliphatic heterocycles. The van der Waals surface area contributed by atoms with Gasteiger partial charge >= 0.3 is 0 Å². The Morgan fingerprint density at radius 1 is 1.18 bits per heavy atom. The molecule has 1 aromatic rings. The van der Waals surface area contributed by atoms with Gasteiger partial charge in [-0.1, -0.05) is 48.8 Å². The first-order chi connectivity index (χ1) is 8.21. The molecule has 0 radical (unpaired) electrons. The fourth-order valence-electron chi connectivity index (χ4n) is 1.79. The normalized spacial score (nSPS) is 11.1. The molecule has 0 fully saturated rings. The molecule has 0 aliphatic rings. The van der Waals surface area contributed by atoms with Crippen molar-refractivity contribution in [3.05, 3.63) is 33.8 Å². The highest BCUT2D eigenvalue weighted by Gasteiger charge is 2.05. The number of nitrogens with zero attached hydrogens (tertiary/aromatic N) is 1. The van der Waals surface area contributed by atoms with Crippen LogP contribution in [0.3, 0.4) is 0 Å². The number of benzene rings is 1. The Morgan fingerprint density at radius 3 is 2.41 bits per heavy atom. The molecule has 0 saturated heterocycles. The number of rotatable bonds is 7. The molecule has 0 aliphatic carbocycles. The lowest BCUT2D eigenvalue weighted by Crippen LogP contribution is -2.22. The monoisotopic (exact) mass is 298 g/mol. The van der Waals surface area contributed by atoms with Gasteiger partial charge in [-0.2, -0.15) is 0 Å². The highest BCUT2D eigenvalue weighted by molar-refractivity contribution is 9.10. The zero-order valence-corrected chi connectivity index (χ0v) is 12.7. The van der Waals surface area contributed by atoms with Crippen molar-refractivity contribution in [1.82, 2.24) is 10.2 Å². The smallest absolute Gasteiger partial charge is 0.0244 e. The second-order valence-electron chi connectivity index (χ2n) is 4.17. The van der Waals surface area contributed by atoms with E-state index >= 15 is 0 Å². The maximum atomic E-state index is 3.67. The Bertz CT molecular complexity index is 335. The van der Waals surface area contributed by atoms with Gasteiger partial charge in [0.25, 0.3) is 0 Å². The first-order valence-electron chi connectivity index (χ1n) is 6.41. The van der Waals surface area contributed by atoms with Crippen molar-refractivity contribution >= 4 is 15.9 Å². The van der Waals surface area contributed by atoms with Crippen LogP contribution in [-0.2, 0) is 13.1 Å².